The Hall–Kier alpha value is -1.46. The molecular weight excluding hydrogens is 234 g/mol. The van der Waals surface area contributed by atoms with E-state index in [-0.39, 0.29) is 17.2 Å². The molecule has 2 atom stereocenters. The summed E-state index contributed by atoms with van der Waals surface area (Å²) in [5.74, 6) is 0.493. The van der Waals surface area contributed by atoms with Crippen LogP contribution in [0.4, 0.5) is 0 Å². The third-order valence-electron chi connectivity index (χ3n) is 2.89. The fraction of sp³-hybridized carbons (Fsp3) is 0.538. The van der Waals surface area contributed by atoms with Gasteiger partial charge in [-0.3, -0.25) is 0 Å². The summed E-state index contributed by atoms with van der Waals surface area (Å²) in [5.41, 5.74) is 6.65. The van der Waals surface area contributed by atoms with Crippen molar-refractivity contribution in [3.8, 4) is 17.2 Å². The molecule has 5 nitrogen and oxygen atoms in total. The molecule has 0 amide bonds. The molecule has 0 aliphatic rings. The summed E-state index contributed by atoms with van der Waals surface area (Å²) in [6, 6.07) is 2.69. The van der Waals surface area contributed by atoms with Gasteiger partial charge in [0.25, 0.3) is 0 Å². The van der Waals surface area contributed by atoms with Crippen molar-refractivity contribution in [1.82, 2.24) is 0 Å². The van der Waals surface area contributed by atoms with Crippen LogP contribution < -0.4 is 15.2 Å². The molecule has 0 aliphatic carbocycles. The van der Waals surface area contributed by atoms with Gasteiger partial charge in [0.1, 0.15) is 0 Å². The monoisotopic (exact) mass is 255 g/mol. The second-order valence-corrected chi connectivity index (χ2v) is 4.16. The summed E-state index contributed by atoms with van der Waals surface area (Å²) in [7, 11) is 2.90. The van der Waals surface area contributed by atoms with Gasteiger partial charge in [-0.25, -0.2) is 0 Å². The molecule has 0 heterocycles. The maximum absolute atomic E-state index is 9.90. The molecule has 4 N–H and O–H groups in total. The molecule has 1 aromatic carbocycles. The van der Waals surface area contributed by atoms with E-state index in [1.54, 1.807) is 12.1 Å². The van der Waals surface area contributed by atoms with Gasteiger partial charge in [-0.1, -0.05) is 13.3 Å². The Kier molecular flexibility index (Phi) is 5.25. The van der Waals surface area contributed by atoms with Crippen LogP contribution in [0.1, 0.15) is 31.4 Å². The predicted octanol–water partition coefficient (Wildman–Crippen LogP) is 1.57. The molecule has 0 radical (unpaired) electrons. The minimum atomic E-state index is -0.631. The smallest absolute Gasteiger partial charge is 0.200 e. The van der Waals surface area contributed by atoms with Crippen LogP contribution in [0.15, 0.2) is 12.1 Å². The van der Waals surface area contributed by atoms with Gasteiger partial charge in [-0.05, 0) is 24.1 Å². The molecule has 1 aromatic rings. The zero-order valence-corrected chi connectivity index (χ0v) is 11.0. The number of phenolic OH excluding ortho intramolecular Hbond substituents is 1. The van der Waals surface area contributed by atoms with Gasteiger partial charge in [-0.15, -0.1) is 0 Å². The van der Waals surface area contributed by atoms with E-state index in [1.165, 1.54) is 14.2 Å². The Morgan fingerprint density at radius 1 is 1.22 bits per heavy atom. The Balaban J connectivity index is 3.08. The number of rotatable bonds is 6. The SMILES string of the molecule is CCC[C@@H](O)[C@@H](N)c1cc(OC)c(O)c(OC)c1. The summed E-state index contributed by atoms with van der Waals surface area (Å²) in [6.07, 6.45) is 0.836. The number of hydrogen-bond acceptors (Lipinski definition) is 5. The van der Waals surface area contributed by atoms with E-state index in [9.17, 15) is 10.2 Å². The van der Waals surface area contributed by atoms with Crippen molar-refractivity contribution >= 4 is 0 Å². The van der Waals surface area contributed by atoms with Crippen molar-refractivity contribution in [1.29, 1.82) is 0 Å². The molecule has 0 fully saturated rings. The fourth-order valence-corrected chi connectivity index (χ4v) is 1.80. The largest absolute Gasteiger partial charge is 0.502 e. The van der Waals surface area contributed by atoms with Gasteiger partial charge in [0.15, 0.2) is 11.5 Å². The van der Waals surface area contributed by atoms with E-state index >= 15 is 0 Å². The van der Waals surface area contributed by atoms with E-state index in [2.05, 4.69) is 0 Å². The maximum atomic E-state index is 9.90. The average Bonchev–Trinajstić information content (AvgIpc) is 2.38. The molecular formula is C13H21NO4. The molecule has 102 valence electrons. The van der Waals surface area contributed by atoms with Gasteiger partial charge in [0.2, 0.25) is 5.75 Å². The van der Waals surface area contributed by atoms with Crippen LogP contribution in [-0.4, -0.2) is 30.5 Å². The first-order valence-electron chi connectivity index (χ1n) is 5.93. The lowest BCUT2D eigenvalue weighted by molar-refractivity contribution is 0.134. The first-order valence-corrected chi connectivity index (χ1v) is 5.93. The molecule has 1 rings (SSSR count). The molecule has 0 aliphatic heterocycles. The minimum Gasteiger partial charge on any atom is -0.502 e. The van der Waals surface area contributed by atoms with Crippen LogP contribution in [0.5, 0.6) is 17.2 Å². The highest BCUT2D eigenvalue weighted by Crippen LogP contribution is 2.38. The number of aliphatic hydroxyl groups is 1. The van der Waals surface area contributed by atoms with E-state index < -0.39 is 12.1 Å². The van der Waals surface area contributed by atoms with E-state index in [0.29, 0.717) is 12.0 Å². The van der Waals surface area contributed by atoms with Crippen molar-refractivity contribution in [3.05, 3.63) is 17.7 Å². The number of aromatic hydroxyl groups is 1. The Bertz CT molecular complexity index is 370. The molecule has 0 saturated carbocycles. The predicted molar refractivity (Wildman–Crippen MR) is 69.1 cm³/mol. The third kappa shape index (κ3) is 3.05. The van der Waals surface area contributed by atoms with E-state index in [4.69, 9.17) is 15.2 Å². The molecule has 0 aromatic heterocycles. The Morgan fingerprint density at radius 3 is 2.11 bits per heavy atom. The zero-order chi connectivity index (χ0) is 13.7. The molecule has 0 saturated heterocycles. The highest BCUT2D eigenvalue weighted by atomic mass is 16.5. The molecule has 0 bridgehead atoms. The molecule has 18 heavy (non-hydrogen) atoms. The van der Waals surface area contributed by atoms with Crippen molar-refractivity contribution in [2.24, 2.45) is 5.73 Å². The Labute approximate surface area is 107 Å². The average molecular weight is 255 g/mol. The highest BCUT2D eigenvalue weighted by molar-refractivity contribution is 5.53. The van der Waals surface area contributed by atoms with Crippen molar-refractivity contribution < 1.29 is 19.7 Å². The fourth-order valence-electron chi connectivity index (χ4n) is 1.80. The topological polar surface area (TPSA) is 84.9 Å². The van der Waals surface area contributed by atoms with Gasteiger partial charge in [0, 0.05) is 0 Å². The number of aliphatic hydroxyl groups excluding tert-OH is 1. The third-order valence-corrected chi connectivity index (χ3v) is 2.89. The second kappa shape index (κ2) is 6.47. The van der Waals surface area contributed by atoms with Gasteiger partial charge in [-0.2, -0.15) is 0 Å². The first-order chi connectivity index (χ1) is 8.54. The van der Waals surface area contributed by atoms with Crippen LogP contribution in [0.3, 0.4) is 0 Å². The minimum absolute atomic E-state index is 0.0686. The highest BCUT2D eigenvalue weighted by Gasteiger charge is 2.20. The van der Waals surface area contributed by atoms with E-state index in [0.717, 1.165) is 6.42 Å². The van der Waals surface area contributed by atoms with Crippen LogP contribution in [0.25, 0.3) is 0 Å². The number of benzene rings is 1. The van der Waals surface area contributed by atoms with Crippen molar-refractivity contribution in [2.75, 3.05) is 14.2 Å². The number of methoxy groups -OCH3 is 2. The van der Waals surface area contributed by atoms with Gasteiger partial charge in [0.05, 0.1) is 26.4 Å². The number of nitrogens with two attached hydrogens (primary N) is 1. The molecule has 0 spiro atoms. The summed E-state index contributed by atoms with van der Waals surface area (Å²) in [6.45, 7) is 1.98. The summed E-state index contributed by atoms with van der Waals surface area (Å²) >= 11 is 0. The van der Waals surface area contributed by atoms with Crippen LogP contribution in [0, 0.1) is 0 Å². The van der Waals surface area contributed by atoms with Crippen LogP contribution in [-0.2, 0) is 0 Å². The first kappa shape index (κ1) is 14.6. The standard InChI is InChI=1S/C13H21NO4/c1-4-5-9(15)12(14)8-6-10(17-2)13(16)11(7-8)18-3/h6-7,9,12,15-16H,4-5,14H2,1-3H3/t9-,12+/m1/s1. The zero-order valence-electron chi connectivity index (χ0n) is 11.0. The maximum Gasteiger partial charge on any atom is 0.200 e. The second-order valence-electron chi connectivity index (χ2n) is 4.16. The number of ether oxygens (including phenoxy) is 2. The molecule has 5 heteroatoms. The lowest BCUT2D eigenvalue weighted by Gasteiger charge is -2.20. The van der Waals surface area contributed by atoms with Gasteiger partial charge < -0.3 is 25.4 Å². The quantitative estimate of drug-likeness (QED) is 0.718. The lowest BCUT2D eigenvalue weighted by Crippen LogP contribution is -2.26. The van der Waals surface area contributed by atoms with E-state index in [1.807, 2.05) is 6.92 Å². The summed E-state index contributed by atoms with van der Waals surface area (Å²) in [5, 5.41) is 19.7. The number of hydrogen-bond donors (Lipinski definition) is 3. The molecule has 0 unspecified atom stereocenters. The van der Waals surface area contributed by atoms with Crippen LogP contribution in [0.2, 0.25) is 0 Å². The number of phenols is 1. The van der Waals surface area contributed by atoms with Crippen molar-refractivity contribution in [3.63, 3.8) is 0 Å². The van der Waals surface area contributed by atoms with Crippen molar-refractivity contribution in [2.45, 2.75) is 31.9 Å². The summed E-state index contributed by atoms with van der Waals surface area (Å²) < 4.78 is 10.1. The van der Waals surface area contributed by atoms with Crippen LogP contribution >= 0.6 is 0 Å². The summed E-state index contributed by atoms with van der Waals surface area (Å²) in [4.78, 5) is 0. The lowest BCUT2D eigenvalue weighted by atomic mass is 9.98. The Morgan fingerprint density at radius 2 is 1.72 bits per heavy atom. The normalized spacial score (nSPS) is 14.1. The van der Waals surface area contributed by atoms with Gasteiger partial charge >= 0.3 is 0 Å².